The van der Waals surface area contributed by atoms with Crippen molar-refractivity contribution in [3.05, 3.63) is 88.7 Å². The van der Waals surface area contributed by atoms with Gasteiger partial charge in [-0.25, -0.2) is 0 Å². The zero-order valence-electron chi connectivity index (χ0n) is 16.0. The van der Waals surface area contributed by atoms with E-state index in [1.807, 2.05) is 24.3 Å². The highest BCUT2D eigenvalue weighted by Crippen LogP contribution is 2.21. The van der Waals surface area contributed by atoms with Crippen LogP contribution in [0.1, 0.15) is 28.1 Å². The van der Waals surface area contributed by atoms with Crippen molar-refractivity contribution in [2.45, 2.75) is 40.7 Å². The Morgan fingerprint density at radius 2 is 1.46 bits per heavy atom. The van der Waals surface area contributed by atoms with Crippen LogP contribution in [0.25, 0.3) is 11.1 Å². The fraction of sp³-hybridized carbons (Fsp3) is 0.250. The van der Waals surface area contributed by atoms with Crippen molar-refractivity contribution in [1.82, 2.24) is 0 Å². The van der Waals surface area contributed by atoms with Gasteiger partial charge in [-0.2, -0.15) is 4.57 Å². The molecule has 0 N–H and O–H groups in total. The summed E-state index contributed by atoms with van der Waals surface area (Å²) in [7, 11) is 0. The molecule has 0 bridgehead atoms. The molecular weight excluding hydrogens is 318 g/mol. The molecule has 3 rings (SSSR count). The summed E-state index contributed by atoms with van der Waals surface area (Å²) in [5.74, 6) is 0.240. The van der Waals surface area contributed by atoms with Gasteiger partial charge in [-0.1, -0.05) is 48.5 Å². The number of rotatable bonds is 5. The van der Waals surface area contributed by atoms with E-state index in [9.17, 15) is 4.79 Å². The second-order valence-corrected chi connectivity index (χ2v) is 7.01. The molecule has 0 fully saturated rings. The highest BCUT2D eigenvalue weighted by atomic mass is 16.1. The van der Waals surface area contributed by atoms with Crippen LogP contribution in [0.15, 0.2) is 60.7 Å². The third-order valence-electron chi connectivity index (χ3n) is 5.15. The SMILES string of the molecule is Cc1cccc(C)c1CC(=O)C[n+]1c(C)ccc(-c2ccccc2)c1C. The van der Waals surface area contributed by atoms with Gasteiger partial charge >= 0.3 is 0 Å². The highest BCUT2D eigenvalue weighted by molar-refractivity contribution is 5.80. The van der Waals surface area contributed by atoms with Crippen LogP contribution in [0.2, 0.25) is 0 Å². The van der Waals surface area contributed by atoms with Gasteiger partial charge < -0.3 is 0 Å². The van der Waals surface area contributed by atoms with Crippen LogP contribution in [-0.2, 0) is 17.8 Å². The molecule has 2 heteroatoms. The lowest BCUT2D eigenvalue weighted by Gasteiger charge is -2.11. The average molecular weight is 344 g/mol. The standard InChI is InChI=1S/C24H26NO/c1-17-9-8-10-18(2)24(17)15-22(26)16-25-19(3)13-14-23(20(25)4)21-11-6-5-7-12-21/h5-14H,15-16H2,1-4H3/q+1. The van der Waals surface area contributed by atoms with Gasteiger partial charge in [0.25, 0.3) is 0 Å². The molecular formula is C24H26NO+. The molecule has 0 amide bonds. The molecule has 26 heavy (non-hydrogen) atoms. The molecule has 0 saturated carbocycles. The molecule has 0 aliphatic carbocycles. The number of ketones is 1. The fourth-order valence-corrected chi connectivity index (χ4v) is 3.55. The zero-order valence-corrected chi connectivity index (χ0v) is 16.0. The van der Waals surface area contributed by atoms with Gasteiger partial charge in [0, 0.05) is 31.9 Å². The molecule has 132 valence electrons. The lowest BCUT2D eigenvalue weighted by atomic mass is 9.98. The minimum atomic E-state index is 0.240. The first kappa shape index (κ1) is 18.1. The number of hydrogen-bond donors (Lipinski definition) is 0. The number of benzene rings is 2. The molecule has 1 heterocycles. The van der Waals surface area contributed by atoms with Crippen molar-refractivity contribution in [2.24, 2.45) is 0 Å². The molecule has 0 aliphatic rings. The van der Waals surface area contributed by atoms with Gasteiger partial charge in [0.15, 0.2) is 11.4 Å². The van der Waals surface area contributed by atoms with E-state index in [-0.39, 0.29) is 5.78 Å². The number of aryl methyl sites for hydroxylation is 3. The molecule has 0 saturated heterocycles. The summed E-state index contributed by atoms with van der Waals surface area (Å²) >= 11 is 0. The minimum Gasteiger partial charge on any atom is -0.292 e. The maximum atomic E-state index is 12.8. The first-order valence-corrected chi connectivity index (χ1v) is 9.09. The lowest BCUT2D eigenvalue weighted by Crippen LogP contribution is -2.44. The van der Waals surface area contributed by atoms with E-state index in [4.69, 9.17) is 0 Å². The molecule has 0 aliphatic heterocycles. The summed E-state index contributed by atoms with van der Waals surface area (Å²) in [4.78, 5) is 12.8. The van der Waals surface area contributed by atoms with Crippen molar-refractivity contribution in [3.8, 4) is 11.1 Å². The van der Waals surface area contributed by atoms with Gasteiger partial charge in [-0.15, -0.1) is 0 Å². The second kappa shape index (κ2) is 7.65. The first-order chi connectivity index (χ1) is 12.5. The van der Waals surface area contributed by atoms with Crippen molar-refractivity contribution in [3.63, 3.8) is 0 Å². The predicted octanol–water partition coefficient (Wildman–Crippen LogP) is 4.69. The normalized spacial score (nSPS) is 10.8. The number of Topliss-reactive ketones (excluding diaryl/α,β-unsaturated/α-hetero) is 1. The van der Waals surface area contributed by atoms with E-state index in [1.165, 1.54) is 22.3 Å². The van der Waals surface area contributed by atoms with Crippen LogP contribution in [-0.4, -0.2) is 5.78 Å². The summed E-state index contributed by atoms with van der Waals surface area (Å²) in [6.07, 6.45) is 0.486. The molecule has 1 aromatic heterocycles. The first-order valence-electron chi connectivity index (χ1n) is 9.09. The fourth-order valence-electron chi connectivity index (χ4n) is 3.55. The van der Waals surface area contributed by atoms with Gasteiger partial charge in [-0.05, 0) is 42.2 Å². The smallest absolute Gasteiger partial charge is 0.207 e. The summed E-state index contributed by atoms with van der Waals surface area (Å²) < 4.78 is 2.14. The van der Waals surface area contributed by atoms with Gasteiger partial charge in [0.05, 0.1) is 0 Å². The number of carbonyl (C=O) groups is 1. The summed E-state index contributed by atoms with van der Waals surface area (Å²) in [5.41, 5.74) is 8.14. The van der Waals surface area contributed by atoms with Crippen molar-refractivity contribution in [2.75, 3.05) is 0 Å². The predicted molar refractivity (Wildman–Crippen MR) is 106 cm³/mol. The zero-order chi connectivity index (χ0) is 18.7. The van der Waals surface area contributed by atoms with E-state index in [1.54, 1.807) is 0 Å². The third kappa shape index (κ3) is 3.75. The molecule has 0 unspecified atom stereocenters. The highest BCUT2D eigenvalue weighted by Gasteiger charge is 2.20. The van der Waals surface area contributed by atoms with Crippen LogP contribution in [0, 0.1) is 27.7 Å². The summed E-state index contributed by atoms with van der Waals surface area (Å²) in [6, 6.07) is 20.8. The van der Waals surface area contributed by atoms with Crippen molar-refractivity contribution >= 4 is 5.78 Å². The average Bonchev–Trinajstić information content (AvgIpc) is 2.63. The van der Waals surface area contributed by atoms with E-state index in [0.717, 1.165) is 17.0 Å². The molecule has 0 radical (unpaired) electrons. The maximum absolute atomic E-state index is 12.8. The Morgan fingerprint density at radius 1 is 0.808 bits per heavy atom. The van der Waals surface area contributed by atoms with Gasteiger partial charge in [-0.3, -0.25) is 4.79 Å². The van der Waals surface area contributed by atoms with Crippen LogP contribution in [0.3, 0.4) is 0 Å². The van der Waals surface area contributed by atoms with Crippen LogP contribution in [0.5, 0.6) is 0 Å². The monoisotopic (exact) mass is 344 g/mol. The lowest BCUT2D eigenvalue weighted by molar-refractivity contribution is -0.695. The topological polar surface area (TPSA) is 20.9 Å². The quantitative estimate of drug-likeness (QED) is 0.615. The Bertz CT molecular complexity index is 922. The number of carbonyl (C=O) groups excluding carboxylic acids is 1. The molecule has 2 nitrogen and oxygen atoms in total. The van der Waals surface area contributed by atoms with Crippen LogP contribution >= 0.6 is 0 Å². The number of aromatic nitrogens is 1. The molecule has 0 spiro atoms. The number of pyridine rings is 1. The van der Waals surface area contributed by atoms with E-state index in [0.29, 0.717) is 13.0 Å². The van der Waals surface area contributed by atoms with Gasteiger partial charge in [0.2, 0.25) is 12.3 Å². The van der Waals surface area contributed by atoms with E-state index >= 15 is 0 Å². The Kier molecular flexibility index (Phi) is 5.32. The Hall–Kier alpha value is -2.74. The third-order valence-corrected chi connectivity index (χ3v) is 5.15. The van der Waals surface area contributed by atoms with Gasteiger partial charge in [0.1, 0.15) is 0 Å². The Labute approximate surface area is 156 Å². The molecule has 2 aromatic carbocycles. The largest absolute Gasteiger partial charge is 0.292 e. The van der Waals surface area contributed by atoms with Crippen molar-refractivity contribution in [1.29, 1.82) is 0 Å². The second-order valence-electron chi connectivity index (χ2n) is 7.01. The van der Waals surface area contributed by atoms with E-state index in [2.05, 4.69) is 68.7 Å². The Morgan fingerprint density at radius 3 is 2.12 bits per heavy atom. The Balaban J connectivity index is 1.89. The van der Waals surface area contributed by atoms with Crippen molar-refractivity contribution < 1.29 is 9.36 Å². The molecule has 3 aromatic rings. The minimum absolute atomic E-state index is 0.240. The summed E-state index contributed by atoms with van der Waals surface area (Å²) in [6.45, 7) is 8.73. The van der Waals surface area contributed by atoms with Crippen LogP contribution in [0.4, 0.5) is 0 Å². The molecule has 0 atom stereocenters. The number of hydrogen-bond acceptors (Lipinski definition) is 1. The summed E-state index contributed by atoms with van der Waals surface area (Å²) in [5, 5.41) is 0. The maximum Gasteiger partial charge on any atom is 0.207 e. The van der Waals surface area contributed by atoms with Crippen LogP contribution < -0.4 is 4.57 Å². The van der Waals surface area contributed by atoms with E-state index < -0.39 is 0 Å². The number of nitrogens with zero attached hydrogens (tertiary/aromatic N) is 1.